The lowest BCUT2D eigenvalue weighted by Gasteiger charge is -2.34. The van der Waals surface area contributed by atoms with E-state index in [2.05, 4.69) is 22.1 Å². The van der Waals surface area contributed by atoms with Crippen LogP contribution in [0, 0.1) is 0 Å². The summed E-state index contributed by atoms with van der Waals surface area (Å²) in [5.74, 6) is 0. The average molecular weight is 360 g/mol. The topological polar surface area (TPSA) is 18.8 Å². The molecule has 0 amide bonds. The van der Waals surface area contributed by atoms with Gasteiger partial charge in [-0.25, -0.2) is 0 Å². The van der Waals surface area contributed by atoms with E-state index in [1.807, 2.05) is 53.5 Å². The highest BCUT2D eigenvalue weighted by atomic mass is 35.5. The number of allylic oxidation sites excluding steroid dienone is 1. The number of hydrazone groups is 1. The molecule has 3 nitrogen and oxygen atoms in total. The highest BCUT2D eigenvalue weighted by molar-refractivity contribution is 6.41. The number of hydrogen-bond acceptors (Lipinski definition) is 3. The molecule has 2 aromatic rings. The number of hydrogen-bond donors (Lipinski definition) is 0. The van der Waals surface area contributed by atoms with E-state index in [9.17, 15) is 0 Å². The summed E-state index contributed by atoms with van der Waals surface area (Å²) >= 11 is 12.2. The van der Waals surface area contributed by atoms with E-state index in [4.69, 9.17) is 23.2 Å². The second-order valence-corrected chi connectivity index (χ2v) is 6.47. The molecule has 1 aliphatic heterocycles. The Morgan fingerprint density at radius 3 is 2.25 bits per heavy atom. The predicted octanol–water partition coefficient (Wildman–Crippen LogP) is 4.73. The Bertz CT molecular complexity index is 703. The fraction of sp³-hybridized carbons (Fsp3) is 0.211. The molecule has 1 fully saturated rings. The largest absolute Gasteiger partial charge is 0.368 e. The van der Waals surface area contributed by atoms with Crippen LogP contribution in [-0.2, 0) is 0 Å². The molecule has 0 aromatic heterocycles. The Morgan fingerprint density at radius 1 is 0.917 bits per heavy atom. The second kappa shape index (κ2) is 8.22. The summed E-state index contributed by atoms with van der Waals surface area (Å²) < 4.78 is 0. The van der Waals surface area contributed by atoms with Crippen molar-refractivity contribution in [3.8, 4) is 0 Å². The van der Waals surface area contributed by atoms with Gasteiger partial charge in [0.1, 0.15) is 0 Å². The molecule has 0 unspecified atom stereocenters. The van der Waals surface area contributed by atoms with E-state index in [0.717, 1.165) is 36.8 Å². The van der Waals surface area contributed by atoms with Gasteiger partial charge < -0.3 is 4.90 Å². The first-order valence-corrected chi connectivity index (χ1v) is 8.68. The molecule has 2 aromatic carbocycles. The van der Waals surface area contributed by atoms with Crippen molar-refractivity contribution in [3.05, 3.63) is 70.2 Å². The molecule has 1 saturated heterocycles. The number of benzene rings is 2. The van der Waals surface area contributed by atoms with Crippen LogP contribution in [0.25, 0.3) is 6.08 Å². The molecule has 0 saturated carbocycles. The van der Waals surface area contributed by atoms with Crippen molar-refractivity contribution in [2.75, 3.05) is 31.1 Å². The van der Waals surface area contributed by atoms with Crippen molar-refractivity contribution in [2.24, 2.45) is 5.10 Å². The maximum absolute atomic E-state index is 6.24. The third-order valence-electron chi connectivity index (χ3n) is 3.90. The summed E-state index contributed by atoms with van der Waals surface area (Å²) in [6, 6.07) is 18.0. The summed E-state index contributed by atoms with van der Waals surface area (Å²) in [6.45, 7) is 3.60. The summed E-state index contributed by atoms with van der Waals surface area (Å²) in [4.78, 5) is 2.34. The van der Waals surface area contributed by atoms with E-state index in [1.54, 1.807) is 6.21 Å². The van der Waals surface area contributed by atoms with Crippen LogP contribution in [0.4, 0.5) is 5.69 Å². The van der Waals surface area contributed by atoms with Gasteiger partial charge in [-0.1, -0.05) is 53.5 Å². The van der Waals surface area contributed by atoms with Gasteiger partial charge in [-0.3, -0.25) is 5.01 Å². The fourth-order valence-electron chi connectivity index (χ4n) is 2.60. The molecule has 0 N–H and O–H groups in total. The van der Waals surface area contributed by atoms with Crippen LogP contribution in [0.15, 0.2) is 64.7 Å². The monoisotopic (exact) mass is 359 g/mol. The SMILES string of the molecule is ClC(=C\c1ccccc1)/C=N/N1CCN(c2ccc(Cl)cc2)CC1. The van der Waals surface area contributed by atoms with Gasteiger partial charge in [-0.2, -0.15) is 5.10 Å². The summed E-state index contributed by atoms with van der Waals surface area (Å²) in [6.07, 6.45) is 3.63. The third-order valence-corrected chi connectivity index (χ3v) is 4.36. The maximum Gasteiger partial charge on any atom is 0.0657 e. The Hall–Kier alpha value is -1.97. The van der Waals surface area contributed by atoms with Gasteiger partial charge in [0.2, 0.25) is 0 Å². The van der Waals surface area contributed by atoms with E-state index < -0.39 is 0 Å². The Labute approximate surface area is 152 Å². The number of rotatable bonds is 4. The lowest BCUT2D eigenvalue weighted by Crippen LogP contribution is -2.44. The molecule has 3 rings (SSSR count). The van der Waals surface area contributed by atoms with Crippen LogP contribution in [0.3, 0.4) is 0 Å². The van der Waals surface area contributed by atoms with Crippen LogP contribution in [-0.4, -0.2) is 37.4 Å². The highest BCUT2D eigenvalue weighted by Gasteiger charge is 2.15. The molecule has 124 valence electrons. The van der Waals surface area contributed by atoms with Crippen LogP contribution in [0.1, 0.15) is 5.56 Å². The van der Waals surface area contributed by atoms with Gasteiger partial charge in [0, 0.05) is 23.8 Å². The van der Waals surface area contributed by atoms with Gasteiger partial charge in [-0.05, 0) is 35.9 Å². The van der Waals surface area contributed by atoms with Gasteiger partial charge >= 0.3 is 0 Å². The van der Waals surface area contributed by atoms with Crippen LogP contribution >= 0.6 is 23.2 Å². The number of halogens is 2. The summed E-state index contributed by atoms with van der Waals surface area (Å²) in [5, 5.41) is 7.92. The number of piperazine rings is 1. The molecule has 24 heavy (non-hydrogen) atoms. The average Bonchev–Trinajstić information content (AvgIpc) is 2.62. The zero-order valence-corrected chi connectivity index (χ0v) is 14.8. The zero-order chi connectivity index (χ0) is 16.8. The van der Waals surface area contributed by atoms with Gasteiger partial charge in [0.25, 0.3) is 0 Å². The Kier molecular flexibility index (Phi) is 5.78. The summed E-state index contributed by atoms with van der Waals surface area (Å²) in [7, 11) is 0. The fourth-order valence-corrected chi connectivity index (χ4v) is 2.90. The van der Waals surface area contributed by atoms with Gasteiger partial charge in [0.05, 0.1) is 24.3 Å². The van der Waals surface area contributed by atoms with Crippen molar-refractivity contribution < 1.29 is 0 Å². The first kappa shape index (κ1) is 16.9. The lowest BCUT2D eigenvalue weighted by molar-refractivity contribution is 0.272. The van der Waals surface area contributed by atoms with Crippen molar-refractivity contribution in [3.63, 3.8) is 0 Å². The number of nitrogens with zero attached hydrogens (tertiary/aromatic N) is 3. The molecule has 5 heteroatoms. The number of anilines is 1. The first-order chi connectivity index (χ1) is 11.7. The van der Waals surface area contributed by atoms with Crippen LogP contribution in [0.2, 0.25) is 5.02 Å². The van der Waals surface area contributed by atoms with Crippen molar-refractivity contribution >= 4 is 41.2 Å². The van der Waals surface area contributed by atoms with E-state index in [-0.39, 0.29) is 0 Å². The molecule has 1 heterocycles. The standard InChI is InChI=1S/C19H19Cl2N3/c20-17-6-8-19(9-7-17)23-10-12-24(13-11-23)22-15-18(21)14-16-4-2-1-3-5-16/h1-9,14-15H,10-13H2/b18-14-,22-15+. The maximum atomic E-state index is 6.24. The lowest BCUT2D eigenvalue weighted by atomic mass is 10.2. The molecule has 0 spiro atoms. The van der Waals surface area contributed by atoms with Crippen molar-refractivity contribution in [1.29, 1.82) is 0 Å². The van der Waals surface area contributed by atoms with Gasteiger partial charge in [0.15, 0.2) is 0 Å². The first-order valence-electron chi connectivity index (χ1n) is 7.92. The highest BCUT2D eigenvalue weighted by Crippen LogP contribution is 2.19. The smallest absolute Gasteiger partial charge is 0.0657 e. The minimum atomic E-state index is 0.626. The quantitative estimate of drug-likeness (QED) is 0.735. The minimum absolute atomic E-state index is 0.626. The van der Waals surface area contributed by atoms with E-state index in [0.29, 0.717) is 5.03 Å². The van der Waals surface area contributed by atoms with Crippen LogP contribution in [0.5, 0.6) is 0 Å². The van der Waals surface area contributed by atoms with Crippen LogP contribution < -0.4 is 4.90 Å². The molecular weight excluding hydrogens is 341 g/mol. The summed E-state index contributed by atoms with van der Waals surface area (Å²) in [5.41, 5.74) is 2.27. The predicted molar refractivity (Wildman–Crippen MR) is 104 cm³/mol. The Morgan fingerprint density at radius 2 is 1.58 bits per heavy atom. The third kappa shape index (κ3) is 4.76. The molecule has 1 aliphatic rings. The van der Waals surface area contributed by atoms with Crippen molar-refractivity contribution in [1.82, 2.24) is 5.01 Å². The molecule has 0 radical (unpaired) electrons. The van der Waals surface area contributed by atoms with Gasteiger partial charge in [-0.15, -0.1) is 0 Å². The Balaban J connectivity index is 1.53. The zero-order valence-electron chi connectivity index (χ0n) is 13.3. The van der Waals surface area contributed by atoms with E-state index in [1.165, 1.54) is 5.69 Å². The molecule has 0 atom stereocenters. The minimum Gasteiger partial charge on any atom is -0.368 e. The normalized spacial score (nSPS) is 16.0. The molecular formula is C19H19Cl2N3. The molecule has 0 aliphatic carbocycles. The van der Waals surface area contributed by atoms with E-state index >= 15 is 0 Å². The second-order valence-electron chi connectivity index (χ2n) is 5.60. The molecule has 0 bridgehead atoms. The van der Waals surface area contributed by atoms with Crippen molar-refractivity contribution in [2.45, 2.75) is 0 Å².